The first-order valence-corrected chi connectivity index (χ1v) is 4.79. The Bertz CT molecular complexity index is 344. The number of aryl methyl sites for hydroxylation is 1. The molecule has 0 aromatic carbocycles. The van der Waals surface area contributed by atoms with Gasteiger partial charge in [-0.3, -0.25) is 0 Å². The third-order valence-electron chi connectivity index (χ3n) is 2.31. The Morgan fingerprint density at radius 1 is 1.71 bits per heavy atom. The van der Waals surface area contributed by atoms with Gasteiger partial charge in [0.1, 0.15) is 0 Å². The fourth-order valence-electron chi connectivity index (χ4n) is 1.62. The zero-order valence-corrected chi connectivity index (χ0v) is 8.14. The zero-order valence-electron chi connectivity index (χ0n) is 8.14. The molecule has 0 amide bonds. The van der Waals surface area contributed by atoms with E-state index in [1.54, 1.807) is 6.20 Å². The monoisotopic (exact) mass is 194 g/mol. The van der Waals surface area contributed by atoms with Crippen LogP contribution in [0.5, 0.6) is 0 Å². The van der Waals surface area contributed by atoms with Gasteiger partial charge in [0.05, 0.1) is 18.0 Å². The number of aliphatic hydroxyl groups is 1. The van der Waals surface area contributed by atoms with Crippen molar-refractivity contribution in [3.63, 3.8) is 0 Å². The van der Waals surface area contributed by atoms with Crippen LogP contribution in [0.3, 0.4) is 0 Å². The van der Waals surface area contributed by atoms with Crippen molar-refractivity contribution in [1.82, 2.24) is 20.3 Å². The molecule has 5 heteroatoms. The first-order valence-electron chi connectivity index (χ1n) is 4.79. The number of nitrogens with zero attached hydrogens (tertiary/aromatic N) is 3. The summed E-state index contributed by atoms with van der Waals surface area (Å²) in [4.78, 5) is 0. The Hall–Kier alpha value is -1.20. The minimum Gasteiger partial charge on any atom is -0.388 e. The first-order chi connectivity index (χ1) is 6.81. The van der Waals surface area contributed by atoms with E-state index in [4.69, 9.17) is 0 Å². The average Bonchev–Trinajstić information content (AvgIpc) is 2.65. The van der Waals surface area contributed by atoms with Gasteiger partial charge in [0.15, 0.2) is 0 Å². The predicted octanol–water partition coefficient (Wildman–Crippen LogP) is -0.355. The van der Waals surface area contributed by atoms with Gasteiger partial charge in [0.2, 0.25) is 0 Å². The molecule has 1 aromatic heterocycles. The highest BCUT2D eigenvalue weighted by Crippen LogP contribution is 2.15. The summed E-state index contributed by atoms with van der Waals surface area (Å²) in [6.07, 6.45) is 3.19. The van der Waals surface area contributed by atoms with Crippen LogP contribution in [0.15, 0.2) is 12.3 Å². The van der Waals surface area contributed by atoms with E-state index in [1.807, 2.05) is 17.7 Å². The van der Waals surface area contributed by atoms with Gasteiger partial charge in [-0.2, -0.15) is 0 Å². The van der Waals surface area contributed by atoms with Crippen molar-refractivity contribution in [2.24, 2.45) is 0 Å². The van der Waals surface area contributed by atoms with Crippen LogP contribution in [0.1, 0.15) is 12.6 Å². The fraction of sp³-hybridized carbons (Fsp3) is 0.556. The molecule has 1 aromatic rings. The molecule has 0 saturated carbocycles. The van der Waals surface area contributed by atoms with Gasteiger partial charge < -0.3 is 10.4 Å². The lowest BCUT2D eigenvalue weighted by Crippen LogP contribution is -2.32. The molecule has 1 unspecified atom stereocenters. The highest BCUT2D eigenvalue weighted by molar-refractivity contribution is 5.65. The molecule has 14 heavy (non-hydrogen) atoms. The fourth-order valence-corrected chi connectivity index (χ4v) is 1.62. The number of rotatable bonds is 2. The Labute approximate surface area is 82.4 Å². The third-order valence-corrected chi connectivity index (χ3v) is 2.31. The molecule has 0 spiro atoms. The van der Waals surface area contributed by atoms with Crippen LogP contribution in [-0.4, -0.2) is 39.3 Å². The van der Waals surface area contributed by atoms with Crippen LogP contribution < -0.4 is 5.32 Å². The van der Waals surface area contributed by atoms with Gasteiger partial charge in [-0.25, -0.2) is 4.68 Å². The van der Waals surface area contributed by atoms with Crippen molar-refractivity contribution in [1.29, 1.82) is 0 Å². The Kier molecular flexibility index (Phi) is 2.60. The van der Waals surface area contributed by atoms with Crippen LogP contribution in [0.4, 0.5) is 0 Å². The zero-order chi connectivity index (χ0) is 9.97. The standard InChI is InChI=1S/C9H14N4O/c1-2-13-9(6-11-12-13)7-3-8(14)5-10-4-7/h3,6,8,10,14H,2,4-5H2,1H3. The van der Waals surface area contributed by atoms with Crippen LogP contribution >= 0.6 is 0 Å². The molecule has 0 fully saturated rings. The van der Waals surface area contributed by atoms with E-state index in [-0.39, 0.29) is 0 Å². The van der Waals surface area contributed by atoms with Gasteiger partial charge in [-0.05, 0) is 18.6 Å². The summed E-state index contributed by atoms with van der Waals surface area (Å²) in [5, 5.41) is 20.4. The van der Waals surface area contributed by atoms with E-state index in [9.17, 15) is 5.11 Å². The van der Waals surface area contributed by atoms with E-state index in [2.05, 4.69) is 15.6 Å². The lowest BCUT2D eigenvalue weighted by atomic mass is 10.1. The molecule has 0 saturated heterocycles. The highest BCUT2D eigenvalue weighted by atomic mass is 16.3. The van der Waals surface area contributed by atoms with E-state index in [0.717, 1.165) is 24.4 Å². The predicted molar refractivity (Wildman–Crippen MR) is 52.5 cm³/mol. The van der Waals surface area contributed by atoms with Crippen molar-refractivity contribution < 1.29 is 5.11 Å². The summed E-state index contributed by atoms with van der Waals surface area (Å²) >= 11 is 0. The molecule has 0 radical (unpaired) electrons. The maximum Gasteiger partial charge on any atom is 0.0855 e. The second-order valence-electron chi connectivity index (χ2n) is 3.33. The Morgan fingerprint density at radius 2 is 2.57 bits per heavy atom. The summed E-state index contributed by atoms with van der Waals surface area (Å²) in [5.74, 6) is 0. The van der Waals surface area contributed by atoms with Crippen LogP contribution in [0.2, 0.25) is 0 Å². The summed E-state index contributed by atoms with van der Waals surface area (Å²) < 4.78 is 1.82. The molecule has 1 aliphatic heterocycles. The van der Waals surface area contributed by atoms with Crippen LogP contribution in [0.25, 0.3) is 5.57 Å². The molecule has 0 aliphatic carbocycles. The third kappa shape index (κ3) is 1.69. The summed E-state index contributed by atoms with van der Waals surface area (Å²) in [5.41, 5.74) is 2.05. The number of nitrogens with one attached hydrogen (secondary N) is 1. The second kappa shape index (κ2) is 3.89. The molecular formula is C9H14N4O. The van der Waals surface area contributed by atoms with Crippen molar-refractivity contribution >= 4 is 5.57 Å². The second-order valence-corrected chi connectivity index (χ2v) is 3.33. The minimum absolute atomic E-state index is 0.404. The van der Waals surface area contributed by atoms with Crippen LogP contribution in [0, 0.1) is 0 Å². The van der Waals surface area contributed by atoms with Gasteiger partial charge >= 0.3 is 0 Å². The summed E-state index contributed by atoms with van der Waals surface area (Å²) in [7, 11) is 0. The number of hydrogen-bond acceptors (Lipinski definition) is 4. The van der Waals surface area contributed by atoms with Crippen molar-refractivity contribution in [3.8, 4) is 0 Å². The minimum atomic E-state index is -0.404. The topological polar surface area (TPSA) is 63.0 Å². The van der Waals surface area contributed by atoms with E-state index in [0.29, 0.717) is 6.54 Å². The normalized spacial score (nSPS) is 22.1. The number of aromatic nitrogens is 3. The van der Waals surface area contributed by atoms with E-state index < -0.39 is 6.10 Å². The largest absolute Gasteiger partial charge is 0.388 e. The van der Waals surface area contributed by atoms with Gasteiger partial charge in [-0.1, -0.05) is 5.21 Å². The van der Waals surface area contributed by atoms with E-state index in [1.165, 1.54) is 0 Å². The van der Waals surface area contributed by atoms with Crippen molar-refractivity contribution in [2.45, 2.75) is 19.6 Å². The molecule has 2 N–H and O–H groups in total. The molecule has 5 nitrogen and oxygen atoms in total. The molecule has 76 valence electrons. The molecule has 2 rings (SSSR count). The molecule has 1 aliphatic rings. The first kappa shape index (κ1) is 9.36. The number of hydrogen-bond donors (Lipinski definition) is 2. The molecule has 2 heterocycles. The quantitative estimate of drug-likeness (QED) is 0.675. The van der Waals surface area contributed by atoms with Crippen LogP contribution in [-0.2, 0) is 6.54 Å². The molecule has 0 bridgehead atoms. The summed E-state index contributed by atoms with van der Waals surface area (Å²) in [6, 6.07) is 0. The van der Waals surface area contributed by atoms with Gasteiger partial charge in [0, 0.05) is 19.6 Å². The lowest BCUT2D eigenvalue weighted by molar-refractivity contribution is 0.216. The average molecular weight is 194 g/mol. The maximum atomic E-state index is 9.45. The van der Waals surface area contributed by atoms with Crippen molar-refractivity contribution in [2.75, 3.05) is 13.1 Å². The lowest BCUT2D eigenvalue weighted by Gasteiger charge is -2.18. The Balaban J connectivity index is 2.29. The van der Waals surface area contributed by atoms with Crippen molar-refractivity contribution in [3.05, 3.63) is 18.0 Å². The molecular weight excluding hydrogens is 180 g/mol. The maximum absolute atomic E-state index is 9.45. The smallest absolute Gasteiger partial charge is 0.0855 e. The highest BCUT2D eigenvalue weighted by Gasteiger charge is 2.14. The van der Waals surface area contributed by atoms with Gasteiger partial charge in [0.25, 0.3) is 0 Å². The number of aliphatic hydroxyl groups excluding tert-OH is 1. The summed E-state index contributed by atoms with van der Waals surface area (Å²) in [6.45, 7) is 4.20. The SMILES string of the molecule is CCn1nncc1C1=CC(O)CNC1. The number of β-amino-alcohol motifs (C(OH)–C–C–N with tert-alkyl or cyclic N) is 1. The molecule has 1 atom stereocenters. The van der Waals surface area contributed by atoms with Gasteiger partial charge in [-0.15, -0.1) is 5.10 Å². The van der Waals surface area contributed by atoms with E-state index >= 15 is 0 Å². The Morgan fingerprint density at radius 3 is 3.29 bits per heavy atom.